The molecule has 2 aromatic carbocycles. The summed E-state index contributed by atoms with van der Waals surface area (Å²) in [7, 11) is 0. The van der Waals surface area contributed by atoms with Gasteiger partial charge in [-0.1, -0.05) is 48.5 Å². The Bertz CT molecular complexity index is 709. The van der Waals surface area contributed by atoms with Crippen LogP contribution in [0.1, 0.15) is 5.56 Å². The van der Waals surface area contributed by atoms with Crippen LogP contribution in [0.2, 0.25) is 0 Å². The van der Waals surface area contributed by atoms with Crippen molar-refractivity contribution in [1.82, 2.24) is 4.98 Å². The Kier molecular flexibility index (Phi) is 3.83. The first-order valence-corrected chi connectivity index (χ1v) is 6.80. The fourth-order valence-corrected chi connectivity index (χ4v) is 2.13. The largest absolute Gasteiger partial charge is 0.488 e. The second kappa shape index (κ2) is 6.09. The van der Waals surface area contributed by atoms with Gasteiger partial charge in [0.2, 0.25) is 0 Å². The van der Waals surface area contributed by atoms with E-state index in [0.717, 1.165) is 22.4 Å². The molecule has 0 unspecified atom stereocenters. The quantitative estimate of drug-likeness (QED) is 0.786. The Labute approximate surface area is 124 Å². The number of nitrogens with two attached hydrogens (primary N) is 1. The van der Waals surface area contributed by atoms with Gasteiger partial charge in [0.1, 0.15) is 18.2 Å². The molecule has 3 nitrogen and oxygen atoms in total. The van der Waals surface area contributed by atoms with E-state index in [1.165, 1.54) is 0 Å². The molecule has 0 atom stereocenters. The van der Waals surface area contributed by atoms with Crippen LogP contribution in [0.3, 0.4) is 0 Å². The fraction of sp³-hybridized carbons (Fsp3) is 0.0556. The number of anilines is 1. The molecule has 0 aliphatic rings. The van der Waals surface area contributed by atoms with Gasteiger partial charge in [-0.25, -0.2) is 4.98 Å². The predicted octanol–water partition coefficient (Wildman–Crippen LogP) is 3.91. The van der Waals surface area contributed by atoms with Crippen LogP contribution in [0.5, 0.6) is 5.75 Å². The van der Waals surface area contributed by atoms with Crippen molar-refractivity contribution in [2.24, 2.45) is 0 Å². The molecule has 0 aliphatic carbocycles. The first-order chi connectivity index (χ1) is 10.3. The van der Waals surface area contributed by atoms with Crippen LogP contribution < -0.4 is 10.5 Å². The van der Waals surface area contributed by atoms with Crippen molar-refractivity contribution in [1.29, 1.82) is 0 Å². The molecule has 1 heterocycles. The third-order valence-corrected chi connectivity index (χ3v) is 3.22. The van der Waals surface area contributed by atoms with Gasteiger partial charge in [-0.05, 0) is 23.8 Å². The molecule has 0 saturated heterocycles. The number of nitrogens with zero attached hydrogens (tertiary/aromatic N) is 1. The van der Waals surface area contributed by atoms with Crippen LogP contribution in [-0.4, -0.2) is 4.98 Å². The molecule has 0 fully saturated rings. The van der Waals surface area contributed by atoms with E-state index in [1.807, 2.05) is 60.7 Å². The molecule has 3 heteroatoms. The molecule has 0 radical (unpaired) electrons. The molecular weight excluding hydrogens is 260 g/mol. The van der Waals surface area contributed by atoms with Gasteiger partial charge < -0.3 is 10.5 Å². The van der Waals surface area contributed by atoms with E-state index >= 15 is 0 Å². The zero-order chi connectivity index (χ0) is 14.5. The van der Waals surface area contributed by atoms with Gasteiger partial charge in [0, 0.05) is 17.3 Å². The molecule has 3 aromatic rings. The molecule has 0 bridgehead atoms. The van der Waals surface area contributed by atoms with Crippen LogP contribution in [-0.2, 0) is 6.61 Å². The van der Waals surface area contributed by atoms with E-state index in [4.69, 9.17) is 10.5 Å². The molecular formula is C18H16N2O. The number of hydrogen-bond donors (Lipinski definition) is 1. The number of rotatable bonds is 4. The Morgan fingerprint density at radius 3 is 2.38 bits per heavy atom. The van der Waals surface area contributed by atoms with Crippen molar-refractivity contribution in [3.8, 4) is 16.9 Å². The molecule has 0 aliphatic heterocycles. The highest BCUT2D eigenvalue weighted by Crippen LogP contribution is 2.30. The lowest BCUT2D eigenvalue weighted by atomic mass is 10.1. The summed E-state index contributed by atoms with van der Waals surface area (Å²) in [4.78, 5) is 4.14. The standard InChI is InChI=1S/C18H16N2O/c19-18-11-10-15(12-20-18)16-8-4-5-9-17(16)21-13-14-6-2-1-3-7-14/h1-12H,13H2,(H2,19,20). The first kappa shape index (κ1) is 13.2. The number of nitrogen functional groups attached to an aromatic ring is 1. The number of ether oxygens (including phenoxy) is 1. The van der Waals surface area contributed by atoms with Crippen molar-refractivity contribution in [2.45, 2.75) is 6.61 Å². The summed E-state index contributed by atoms with van der Waals surface area (Å²) in [6.45, 7) is 0.542. The average molecular weight is 276 g/mol. The minimum Gasteiger partial charge on any atom is -0.488 e. The maximum absolute atomic E-state index is 5.95. The fourth-order valence-electron chi connectivity index (χ4n) is 2.13. The SMILES string of the molecule is Nc1ccc(-c2ccccc2OCc2ccccc2)cn1. The minimum absolute atomic E-state index is 0.515. The van der Waals surface area contributed by atoms with Crippen LogP contribution in [0.4, 0.5) is 5.82 Å². The molecule has 0 spiro atoms. The summed E-state index contributed by atoms with van der Waals surface area (Å²) >= 11 is 0. The molecule has 2 N–H and O–H groups in total. The highest BCUT2D eigenvalue weighted by molar-refractivity contribution is 5.70. The van der Waals surface area contributed by atoms with Gasteiger partial charge in [-0.3, -0.25) is 0 Å². The third kappa shape index (κ3) is 3.20. The third-order valence-electron chi connectivity index (χ3n) is 3.22. The van der Waals surface area contributed by atoms with E-state index in [9.17, 15) is 0 Å². The van der Waals surface area contributed by atoms with Crippen LogP contribution in [0, 0.1) is 0 Å². The van der Waals surface area contributed by atoms with Crippen molar-refractivity contribution in [3.05, 3.63) is 78.5 Å². The highest BCUT2D eigenvalue weighted by atomic mass is 16.5. The summed E-state index contributed by atoms with van der Waals surface area (Å²) in [6, 6.07) is 21.8. The number of hydrogen-bond acceptors (Lipinski definition) is 3. The normalized spacial score (nSPS) is 10.3. The summed E-state index contributed by atoms with van der Waals surface area (Å²) in [5.74, 6) is 1.36. The van der Waals surface area contributed by atoms with Gasteiger partial charge in [-0.2, -0.15) is 0 Å². The number of para-hydroxylation sites is 1. The van der Waals surface area contributed by atoms with E-state index in [-0.39, 0.29) is 0 Å². The zero-order valence-corrected chi connectivity index (χ0v) is 11.6. The summed E-state index contributed by atoms with van der Waals surface area (Å²) < 4.78 is 5.95. The minimum atomic E-state index is 0.515. The lowest BCUT2D eigenvalue weighted by Crippen LogP contribution is -1.97. The maximum atomic E-state index is 5.95. The molecule has 21 heavy (non-hydrogen) atoms. The van der Waals surface area contributed by atoms with E-state index in [2.05, 4.69) is 4.98 Å². The molecule has 1 aromatic heterocycles. The van der Waals surface area contributed by atoms with Crippen LogP contribution in [0.15, 0.2) is 72.9 Å². The number of aromatic nitrogens is 1. The Morgan fingerprint density at radius 2 is 1.62 bits per heavy atom. The van der Waals surface area contributed by atoms with Gasteiger partial charge >= 0.3 is 0 Å². The Balaban J connectivity index is 1.84. The lowest BCUT2D eigenvalue weighted by Gasteiger charge is -2.11. The summed E-state index contributed by atoms with van der Waals surface area (Å²) in [5.41, 5.74) is 8.78. The van der Waals surface area contributed by atoms with Gasteiger partial charge in [0.15, 0.2) is 0 Å². The van der Waals surface area contributed by atoms with Crippen molar-refractivity contribution in [3.63, 3.8) is 0 Å². The first-order valence-electron chi connectivity index (χ1n) is 6.80. The average Bonchev–Trinajstić information content (AvgIpc) is 2.55. The molecule has 3 rings (SSSR count). The number of pyridine rings is 1. The summed E-state index contributed by atoms with van der Waals surface area (Å²) in [5, 5.41) is 0. The van der Waals surface area contributed by atoms with Crippen molar-refractivity contribution >= 4 is 5.82 Å². The topological polar surface area (TPSA) is 48.1 Å². The molecule has 0 saturated carbocycles. The lowest BCUT2D eigenvalue weighted by molar-refractivity contribution is 0.307. The Hall–Kier alpha value is -2.81. The smallest absolute Gasteiger partial charge is 0.127 e. The van der Waals surface area contributed by atoms with Gasteiger partial charge in [0.25, 0.3) is 0 Å². The second-order valence-corrected chi connectivity index (χ2v) is 4.74. The monoisotopic (exact) mass is 276 g/mol. The van der Waals surface area contributed by atoms with Gasteiger partial charge in [-0.15, -0.1) is 0 Å². The zero-order valence-electron chi connectivity index (χ0n) is 11.6. The predicted molar refractivity (Wildman–Crippen MR) is 84.9 cm³/mol. The van der Waals surface area contributed by atoms with Crippen molar-refractivity contribution in [2.75, 3.05) is 5.73 Å². The van der Waals surface area contributed by atoms with E-state index in [1.54, 1.807) is 12.3 Å². The summed E-state index contributed by atoms with van der Waals surface area (Å²) in [6.07, 6.45) is 1.76. The van der Waals surface area contributed by atoms with E-state index in [0.29, 0.717) is 12.4 Å². The molecule has 0 amide bonds. The van der Waals surface area contributed by atoms with Gasteiger partial charge in [0.05, 0.1) is 0 Å². The number of benzene rings is 2. The van der Waals surface area contributed by atoms with Crippen molar-refractivity contribution < 1.29 is 4.74 Å². The highest BCUT2D eigenvalue weighted by Gasteiger charge is 2.06. The van der Waals surface area contributed by atoms with Crippen LogP contribution >= 0.6 is 0 Å². The Morgan fingerprint density at radius 1 is 0.857 bits per heavy atom. The molecule has 104 valence electrons. The second-order valence-electron chi connectivity index (χ2n) is 4.74. The van der Waals surface area contributed by atoms with E-state index < -0.39 is 0 Å². The van der Waals surface area contributed by atoms with Crippen LogP contribution in [0.25, 0.3) is 11.1 Å². The maximum Gasteiger partial charge on any atom is 0.127 e.